The van der Waals surface area contributed by atoms with E-state index in [0.29, 0.717) is 17.3 Å². The van der Waals surface area contributed by atoms with Gasteiger partial charge in [-0.3, -0.25) is 4.57 Å². The molecule has 0 spiro atoms. The smallest absolute Gasteiger partial charge is 0.191 e. The summed E-state index contributed by atoms with van der Waals surface area (Å²) in [7, 11) is 0. The Bertz CT molecular complexity index is 1190. The predicted octanol–water partition coefficient (Wildman–Crippen LogP) is 5.69. The van der Waals surface area contributed by atoms with Crippen LogP contribution in [0, 0.1) is 5.82 Å². The van der Waals surface area contributed by atoms with E-state index in [1.165, 1.54) is 12.1 Å². The summed E-state index contributed by atoms with van der Waals surface area (Å²) in [4.78, 5) is 3.32. The Balaban J connectivity index is 1.49. The van der Waals surface area contributed by atoms with Crippen LogP contribution in [0.15, 0.2) is 53.8 Å². The predicted molar refractivity (Wildman–Crippen MR) is 117 cm³/mol. The van der Waals surface area contributed by atoms with Crippen molar-refractivity contribution in [1.82, 2.24) is 19.7 Å². The Morgan fingerprint density at radius 1 is 1.23 bits per heavy atom. The Hall–Kier alpha value is -2.35. The minimum atomic E-state index is -0.336. The molecule has 30 heavy (non-hydrogen) atoms. The molecular formula is C22H20ClFN4OS. The van der Waals surface area contributed by atoms with Gasteiger partial charge in [-0.25, -0.2) is 4.39 Å². The molecule has 3 heterocycles. The maximum Gasteiger partial charge on any atom is 0.191 e. The monoisotopic (exact) mass is 442 g/mol. The molecular weight excluding hydrogens is 423 g/mol. The van der Waals surface area contributed by atoms with Crippen molar-refractivity contribution in [2.24, 2.45) is 0 Å². The summed E-state index contributed by atoms with van der Waals surface area (Å²) in [6.45, 7) is 1.49. The van der Waals surface area contributed by atoms with E-state index in [9.17, 15) is 4.39 Å². The number of aromatic nitrogens is 4. The summed E-state index contributed by atoms with van der Waals surface area (Å²) >= 11 is 7.75. The molecule has 2 aromatic heterocycles. The highest BCUT2D eigenvalue weighted by atomic mass is 35.5. The van der Waals surface area contributed by atoms with Crippen LogP contribution in [-0.2, 0) is 17.0 Å². The molecule has 5 rings (SSSR count). The molecule has 154 valence electrons. The number of nitrogens with zero attached hydrogens (tertiary/aromatic N) is 3. The minimum Gasteiger partial charge on any atom is -0.376 e. The van der Waals surface area contributed by atoms with Gasteiger partial charge in [0.15, 0.2) is 11.0 Å². The molecule has 4 aromatic rings. The second kappa shape index (κ2) is 8.41. The van der Waals surface area contributed by atoms with E-state index in [2.05, 4.69) is 25.8 Å². The third-order valence-electron chi connectivity index (χ3n) is 5.33. The van der Waals surface area contributed by atoms with Crippen LogP contribution in [0.3, 0.4) is 0 Å². The van der Waals surface area contributed by atoms with E-state index in [4.69, 9.17) is 16.3 Å². The zero-order valence-corrected chi connectivity index (χ0v) is 17.7. The standard InChI is InChI=1S/C22H20ClFN4OS/c23-19-10-15(24)8-7-14(19)13-30-22-27-26-21(28(22)12-16-4-3-9-29-16)18-11-25-20-6-2-1-5-17(18)20/h1-2,5-8,10-11,16,25H,3-4,9,12-13H2. The quantitative estimate of drug-likeness (QED) is 0.390. The van der Waals surface area contributed by atoms with Crippen LogP contribution in [0.25, 0.3) is 22.3 Å². The van der Waals surface area contributed by atoms with Gasteiger partial charge in [0.1, 0.15) is 5.82 Å². The van der Waals surface area contributed by atoms with E-state index < -0.39 is 0 Å². The highest BCUT2D eigenvalue weighted by Crippen LogP contribution is 2.33. The molecule has 8 heteroatoms. The maximum atomic E-state index is 13.4. The van der Waals surface area contributed by atoms with Crippen LogP contribution in [-0.4, -0.2) is 32.5 Å². The SMILES string of the molecule is Fc1ccc(CSc2nnc(-c3c[nH]c4ccccc34)n2CC2CCCO2)c(Cl)c1. The average Bonchev–Trinajstić information content (AvgIpc) is 3.48. The van der Waals surface area contributed by atoms with Crippen molar-refractivity contribution in [3.63, 3.8) is 0 Å². The van der Waals surface area contributed by atoms with Gasteiger partial charge in [-0.15, -0.1) is 10.2 Å². The largest absolute Gasteiger partial charge is 0.376 e. The van der Waals surface area contributed by atoms with Crippen LogP contribution >= 0.6 is 23.4 Å². The summed E-state index contributed by atoms with van der Waals surface area (Å²) < 4.78 is 21.4. The molecule has 0 radical (unpaired) electrons. The fourth-order valence-electron chi connectivity index (χ4n) is 3.79. The highest BCUT2D eigenvalue weighted by molar-refractivity contribution is 7.98. The zero-order valence-electron chi connectivity index (χ0n) is 16.1. The first-order valence-electron chi connectivity index (χ1n) is 9.87. The van der Waals surface area contributed by atoms with Crippen LogP contribution in [0.1, 0.15) is 18.4 Å². The first-order chi connectivity index (χ1) is 14.7. The molecule has 0 saturated carbocycles. The van der Waals surface area contributed by atoms with Gasteiger partial charge in [0.25, 0.3) is 0 Å². The summed E-state index contributed by atoms with van der Waals surface area (Å²) in [6, 6.07) is 12.6. The van der Waals surface area contributed by atoms with Crippen LogP contribution in [0.4, 0.5) is 4.39 Å². The highest BCUT2D eigenvalue weighted by Gasteiger charge is 2.23. The van der Waals surface area contributed by atoms with E-state index >= 15 is 0 Å². The lowest BCUT2D eigenvalue weighted by Gasteiger charge is -2.14. The Labute approximate surface area is 182 Å². The molecule has 0 bridgehead atoms. The van der Waals surface area contributed by atoms with E-state index in [1.807, 2.05) is 24.4 Å². The van der Waals surface area contributed by atoms with Gasteiger partial charge in [0.05, 0.1) is 12.6 Å². The molecule has 2 aromatic carbocycles. The summed E-state index contributed by atoms with van der Waals surface area (Å²) in [5, 5.41) is 11.3. The number of aromatic amines is 1. The summed E-state index contributed by atoms with van der Waals surface area (Å²) in [5.74, 6) is 1.06. The summed E-state index contributed by atoms with van der Waals surface area (Å²) in [6.07, 6.45) is 4.23. The Morgan fingerprint density at radius 3 is 2.97 bits per heavy atom. The molecule has 1 saturated heterocycles. The van der Waals surface area contributed by atoms with E-state index in [1.54, 1.807) is 17.8 Å². The lowest BCUT2D eigenvalue weighted by atomic mass is 10.1. The van der Waals surface area contributed by atoms with Crippen molar-refractivity contribution < 1.29 is 9.13 Å². The number of nitrogens with one attached hydrogen (secondary N) is 1. The number of H-pyrrole nitrogens is 1. The van der Waals surface area contributed by atoms with Gasteiger partial charge >= 0.3 is 0 Å². The van der Waals surface area contributed by atoms with Gasteiger partial charge in [-0.2, -0.15) is 0 Å². The van der Waals surface area contributed by atoms with Crippen molar-refractivity contribution in [3.8, 4) is 11.4 Å². The van der Waals surface area contributed by atoms with Crippen molar-refractivity contribution in [3.05, 3.63) is 65.1 Å². The third kappa shape index (κ3) is 3.85. The average molecular weight is 443 g/mol. The van der Waals surface area contributed by atoms with Crippen LogP contribution in [0.5, 0.6) is 0 Å². The number of halogens is 2. The van der Waals surface area contributed by atoms with Gasteiger partial charge in [-0.05, 0) is 36.6 Å². The second-order valence-corrected chi connectivity index (χ2v) is 8.67. The maximum absolute atomic E-state index is 13.4. The number of hydrogen-bond acceptors (Lipinski definition) is 4. The fraction of sp³-hybridized carbons (Fsp3) is 0.273. The van der Waals surface area contributed by atoms with Gasteiger partial charge in [-0.1, -0.05) is 47.6 Å². The van der Waals surface area contributed by atoms with Gasteiger partial charge in [0.2, 0.25) is 0 Å². The molecule has 1 aliphatic rings. The third-order valence-corrected chi connectivity index (χ3v) is 6.70. The van der Waals surface area contributed by atoms with Gasteiger partial charge in [0, 0.05) is 40.0 Å². The molecule has 1 fully saturated rings. The molecule has 1 atom stereocenters. The lowest BCUT2D eigenvalue weighted by molar-refractivity contribution is 0.0953. The topological polar surface area (TPSA) is 55.7 Å². The normalized spacial score (nSPS) is 16.5. The molecule has 1 aliphatic heterocycles. The Kier molecular flexibility index (Phi) is 5.50. The molecule has 1 N–H and O–H groups in total. The number of fused-ring (bicyclic) bond motifs is 1. The number of benzene rings is 2. The number of thioether (sulfide) groups is 1. The first-order valence-corrected chi connectivity index (χ1v) is 11.2. The molecule has 0 aliphatic carbocycles. The van der Waals surface area contributed by atoms with Crippen molar-refractivity contribution in [2.45, 2.75) is 36.4 Å². The molecule has 1 unspecified atom stereocenters. The number of para-hydroxylation sites is 1. The number of hydrogen-bond donors (Lipinski definition) is 1. The number of ether oxygens (including phenoxy) is 1. The summed E-state index contributed by atoms with van der Waals surface area (Å²) in [5.41, 5.74) is 2.94. The van der Waals surface area contributed by atoms with Crippen molar-refractivity contribution in [1.29, 1.82) is 0 Å². The fourth-order valence-corrected chi connectivity index (χ4v) is 5.05. The lowest BCUT2D eigenvalue weighted by Crippen LogP contribution is -2.16. The van der Waals surface area contributed by atoms with Crippen LogP contribution < -0.4 is 0 Å². The number of rotatable bonds is 6. The minimum absolute atomic E-state index is 0.152. The Morgan fingerprint density at radius 2 is 2.13 bits per heavy atom. The van der Waals surface area contributed by atoms with Gasteiger partial charge < -0.3 is 9.72 Å². The van der Waals surface area contributed by atoms with E-state index in [0.717, 1.165) is 52.5 Å². The van der Waals surface area contributed by atoms with E-state index in [-0.39, 0.29) is 11.9 Å². The van der Waals surface area contributed by atoms with Crippen molar-refractivity contribution in [2.75, 3.05) is 6.61 Å². The second-order valence-electron chi connectivity index (χ2n) is 7.32. The molecule has 0 amide bonds. The van der Waals surface area contributed by atoms with Crippen molar-refractivity contribution >= 4 is 34.3 Å². The van der Waals surface area contributed by atoms with Crippen LogP contribution in [0.2, 0.25) is 5.02 Å². The first kappa shape index (κ1) is 19.6. The molecule has 5 nitrogen and oxygen atoms in total. The zero-order chi connectivity index (χ0) is 20.5.